The molecule has 3 N–H and O–H groups in total. The van der Waals surface area contributed by atoms with Crippen LogP contribution >= 0.6 is 0 Å². The predicted molar refractivity (Wildman–Crippen MR) is 52.7 cm³/mol. The Morgan fingerprint density at radius 3 is 3.07 bits per heavy atom. The van der Waals surface area contributed by atoms with Gasteiger partial charge in [0.15, 0.2) is 0 Å². The first-order valence-electron chi connectivity index (χ1n) is 4.78. The van der Waals surface area contributed by atoms with Crippen LogP contribution in [0.4, 0.5) is 5.95 Å². The van der Waals surface area contributed by atoms with Gasteiger partial charge in [-0.25, -0.2) is 4.98 Å². The molecule has 5 heteroatoms. The van der Waals surface area contributed by atoms with Gasteiger partial charge in [0.1, 0.15) is 0 Å². The zero-order chi connectivity index (χ0) is 9.97. The third-order valence-electron chi connectivity index (χ3n) is 2.59. The number of aromatic nitrogens is 2. The maximum absolute atomic E-state index is 11.7. The minimum Gasteiger partial charge on any atom is -0.331 e. The third-order valence-corrected chi connectivity index (χ3v) is 2.59. The summed E-state index contributed by atoms with van der Waals surface area (Å²) in [7, 11) is 0. The molecule has 1 aromatic rings. The zero-order valence-electron chi connectivity index (χ0n) is 8.08. The molecule has 0 saturated carbocycles. The Kier molecular flexibility index (Phi) is 2.49. The van der Waals surface area contributed by atoms with E-state index < -0.39 is 0 Å². The van der Waals surface area contributed by atoms with E-state index in [4.69, 9.17) is 0 Å². The lowest BCUT2D eigenvalue weighted by Gasteiger charge is -2.12. The van der Waals surface area contributed by atoms with Gasteiger partial charge in [0, 0.05) is 18.9 Å². The van der Waals surface area contributed by atoms with Crippen molar-refractivity contribution in [2.75, 3.05) is 18.4 Å². The molecule has 5 nitrogen and oxygen atoms in total. The highest BCUT2D eigenvalue weighted by molar-refractivity contribution is 5.91. The number of nitrogens with one attached hydrogen (secondary N) is 3. The quantitative estimate of drug-likeness (QED) is 0.630. The van der Waals surface area contributed by atoms with Crippen LogP contribution in [0, 0.1) is 11.8 Å². The second-order valence-corrected chi connectivity index (χ2v) is 3.67. The smallest absolute Gasteiger partial charge is 0.231 e. The van der Waals surface area contributed by atoms with Crippen molar-refractivity contribution in [3.63, 3.8) is 0 Å². The normalized spacial score (nSPS) is 26.4. The number of anilines is 1. The lowest BCUT2D eigenvalue weighted by molar-refractivity contribution is -0.120. The highest BCUT2D eigenvalue weighted by atomic mass is 16.2. The number of carbonyl (C=O) groups excluding carboxylic acids is 1. The SMILES string of the molecule is CC1CNCC1C(=O)Nc1ncc[nH]1. The Morgan fingerprint density at radius 2 is 2.50 bits per heavy atom. The third kappa shape index (κ3) is 1.77. The maximum atomic E-state index is 11.7. The molecule has 0 radical (unpaired) electrons. The Labute approximate surface area is 82.3 Å². The maximum Gasteiger partial charge on any atom is 0.231 e. The molecule has 1 aliphatic rings. The number of amides is 1. The number of hydrogen-bond donors (Lipinski definition) is 3. The van der Waals surface area contributed by atoms with Gasteiger partial charge in [0.2, 0.25) is 11.9 Å². The number of rotatable bonds is 2. The van der Waals surface area contributed by atoms with Crippen LogP contribution in [0.3, 0.4) is 0 Å². The molecule has 2 atom stereocenters. The van der Waals surface area contributed by atoms with Gasteiger partial charge in [-0.15, -0.1) is 0 Å². The lowest BCUT2D eigenvalue weighted by Crippen LogP contribution is -2.28. The lowest BCUT2D eigenvalue weighted by atomic mass is 9.97. The summed E-state index contributed by atoms with van der Waals surface area (Å²) < 4.78 is 0. The van der Waals surface area contributed by atoms with Crippen LogP contribution in [0.15, 0.2) is 12.4 Å². The summed E-state index contributed by atoms with van der Waals surface area (Å²) in [5, 5.41) is 5.94. The molecule has 1 saturated heterocycles. The fourth-order valence-electron chi connectivity index (χ4n) is 1.70. The Bertz CT molecular complexity index is 309. The highest BCUT2D eigenvalue weighted by Crippen LogP contribution is 2.17. The molecule has 1 fully saturated rings. The van der Waals surface area contributed by atoms with E-state index in [1.807, 2.05) is 0 Å². The minimum atomic E-state index is 0.0393. The van der Waals surface area contributed by atoms with Crippen molar-refractivity contribution in [2.45, 2.75) is 6.92 Å². The molecule has 0 aliphatic carbocycles. The van der Waals surface area contributed by atoms with Gasteiger partial charge < -0.3 is 10.3 Å². The van der Waals surface area contributed by atoms with Gasteiger partial charge >= 0.3 is 0 Å². The molecule has 1 aliphatic heterocycles. The van der Waals surface area contributed by atoms with Gasteiger partial charge in [-0.1, -0.05) is 6.92 Å². The topological polar surface area (TPSA) is 69.8 Å². The van der Waals surface area contributed by atoms with Gasteiger partial charge in [0.05, 0.1) is 5.92 Å². The van der Waals surface area contributed by atoms with Crippen LogP contribution in [0.1, 0.15) is 6.92 Å². The van der Waals surface area contributed by atoms with Crippen LogP contribution in [0.25, 0.3) is 0 Å². The standard InChI is InChI=1S/C9H14N4O/c1-6-4-10-5-7(6)8(14)13-9-11-2-3-12-9/h2-3,6-7,10H,4-5H2,1H3,(H2,11,12,13,14). The van der Waals surface area contributed by atoms with E-state index >= 15 is 0 Å². The Balaban J connectivity index is 1.95. The second-order valence-electron chi connectivity index (χ2n) is 3.67. The molecule has 2 unspecified atom stereocenters. The molecule has 0 aromatic carbocycles. The fraction of sp³-hybridized carbons (Fsp3) is 0.556. The van der Waals surface area contributed by atoms with E-state index in [0.29, 0.717) is 11.9 Å². The Morgan fingerprint density at radius 1 is 1.64 bits per heavy atom. The molecule has 0 bridgehead atoms. The number of nitrogens with zero attached hydrogens (tertiary/aromatic N) is 1. The van der Waals surface area contributed by atoms with Crippen molar-refractivity contribution in [2.24, 2.45) is 11.8 Å². The number of carbonyl (C=O) groups is 1. The first-order valence-corrected chi connectivity index (χ1v) is 4.78. The van der Waals surface area contributed by atoms with E-state index in [9.17, 15) is 4.79 Å². The van der Waals surface area contributed by atoms with Crippen LogP contribution in [0.5, 0.6) is 0 Å². The van der Waals surface area contributed by atoms with Gasteiger partial charge in [-0.2, -0.15) is 0 Å². The number of H-pyrrole nitrogens is 1. The zero-order valence-corrected chi connectivity index (χ0v) is 8.08. The van der Waals surface area contributed by atoms with E-state index in [0.717, 1.165) is 13.1 Å². The van der Waals surface area contributed by atoms with Crippen molar-refractivity contribution >= 4 is 11.9 Å². The van der Waals surface area contributed by atoms with Crippen molar-refractivity contribution in [3.05, 3.63) is 12.4 Å². The summed E-state index contributed by atoms with van der Waals surface area (Å²) in [5.74, 6) is 1.01. The molecule has 14 heavy (non-hydrogen) atoms. The Hall–Kier alpha value is -1.36. The second kappa shape index (κ2) is 3.79. The molecule has 1 amide bonds. The fourth-order valence-corrected chi connectivity index (χ4v) is 1.70. The van der Waals surface area contributed by atoms with Crippen LogP contribution in [0.2, 0.25) is 0 Å². The van der Waals surface area contributed by atoms with E-state index in [1.54, 1.807) is 12.4 Å². The van der Waals surface area contributed by atoms with Crippen molar-refractivity contribution in [1.29, 1.82) is 0 Å². The minimum absolute atomic E-state index is 0.0393. The highest BCUT2D eigenvalue weighted by Gasteiger charge is 2.29. The predicted octanol–water partition coefficient (Wildman–Crippen LogP) is 0.204. The first-order chi connectivity index (χ1) is 6.77. The number of imidazole rings is 1. The summed E-state index contributed by atoms with van der Waals surface area (Å²) in [4.78, 5) is 18.5. The van der Waals surface area contributed by atoms with Crippen LogP contribution < -0.4 is 10.6 Å². The molecule has 2 rings (SSSR count). The number of hydrogen-bond acceptors (Lipinski definition) is 3. The van der Waals surface area contributed by atoms with Crippen molar-refractivity contribution < 1.29 is 4.79 Å². The molecule has 76 valence electrons. The van der Waals surface area contributed by atoms with Crippen LogP contribution in [-0.4, -0.2) is 29.0 Å². The van der Waals surface area contributed by atoms with Gasteiger partial charge in [0.25, 0.3) is 0 Å². The number of aromatic amines is 1. The van der Waals surface area contributed by atoms with Crippen molar-refractivity contribution in [1.82, 2.24) is 15.3 Å². The summed E-state index contributed by atoms with van der Waals surface area (Å²) in [6.07, 6.45) is 3.30. The molecular weight excluding hydrogens is 180 g/mol. The summed E-state index contributed by atoms with van der Waals surface area (Å²) in [6, 6.07) is 0. The van der Waals surface area contributed by atoms with Crippen LogP contribution in [-0.2, 0) is 4.79 Å². The van der Waals surface area contributed by atoms with Crippen molar-refractivity contribution in [3.8, 4) is 0 Å². The van der Waals surface area contributed by atoms with E-state index in [-0.39, 0.29) is 11.8 Å². The van der Waals surface area contributed by atoms with Gasteiger partial charge in [-0.05, 0) is 12.5 Å². The average Bonchev–Trinajstić information content (AvgIpc) is 2.75. The summed E-state index contributed by atoms with van der Waals surface area (Å²) in [5.41, 5.74) is 0. The summed E-state index contributed by atoms with van der Waals surface area (Å²) >= 11 is 0. The van der Waals surface area contributed by atoms with Gasteiger partial charge in [-0.3, -0.25) is 10.1 Å². The van der Waals surface area contributed by atoms with E-state index in [2.05, 4.69) is 27.5 Å². The first kappa shape index (κ1) is 9.21. The molecule has 0 spiro atoms. The summed E-state index contributed by atoms with van der Waals surface area (Å²) in [6.45, 7) is 3.75. The molecule has 2 heterocycles. The largest absolute Gasteiger partial charge is 0.331 e. The average molecular weight is 194 g/mol. The molecular formula is C9H14N4O. The monoisotopic (exact) mass is 194 g/mol. The van der Waals surface area contributed by atoms with E-state index in [1.165, 1.54) is 0 Å². The molecule has 1 aromatic heterocycles.